The summed E-state index contributed by atoms with van der Waals surface area (Å²) in [6.07, 6.45) is 0.177. The van der Waals surface area contributed by atoms with E-state index in [2.05, 4.69) is 10.5 Å². The van der Waals surface area contributed by atoms with E-state index in [1.165, 1.54) is 11.3 Å². The molecule has 0 aliphatic carbocycles. The number of nitrogens with zero attached hydrogens (tertiary/aromatic N) is 2. The van der Waals surface area contributed by atoms with E-state index >= 15 is 0 Å². The Morgan fingerprint density at radius 1 is 0.969 bits per heavy atom. The molecule has 164 valence electrons. The third-order valence-corrected chi connectivity index (χ3v) is 6.13. The van der Waals surface area contributed by atoms with E-state index in [0.29, 0.717) is 10.9 Å². The van der Waals surface area contributed by atoms with Gasteiger partial charge in [0, 0.05) is 11.1 Å². The van der Waals surface area contributed by atoms with Crippen LogP contribution in [0.1, 0.15) is 17.0 Å². The van der Waals surface area contributed by atoms with Crippen LogP contribution in [0.2, 0.25) is 0 Å². The zero-order valence-electron chi connectivity index (χ0n) is 18.3. The molecule has 0 saturated carbocycles. The van der Waals surface area contributed by atoms with E-state index in [0.717, 1.165) is 44.5 Å². The molecule has 0 aliphatic rings. The third kappa shape index (κ3) is 4.50. The molecule has 0 saturated heterocycles. The molecule has 0 fully saturated rings. The first-order valence-corrected chi connectivity index (χ1v) is 10.8. The molecular weight excluding hydrogens is 426 g/mol. The lowest BCUT2D eigenvalue weighted by molar-refractivity contribution is -0.115. The lowest BCUT2D eigenvalue weighted by atomic mass is 10.1. The van der Waals surface area contributed by atoms with Crippen molar-refractivity contribution >= 4 is 22.4 Å². The standard InChI is InChI=1S/C24H23N3O4S/c1-14-20(15(2)31-27-14)13-21(28)25-24-26-22(16-5-9-18(29-3)10-6-16)23(32-24)17-7-11-19(30-4)12-8-17/h5-12H,13H2,1-4H3,(H,25,26,28). The molecular formula is C24H23N3O4S. The first-order valence-electron chi connectivity index (χ1n) is 9.99. The van der Waals surface area contributed by atoms with Crippen LogP contribution < -0.4 is 14.8 Å². The van der Waals surface area contributed by atoms with Gasteiger partial charge in [-0.2, -0.15) is 0 Å². The van der Waals surface area contributed by atoms with E-state index in [1.54, 1.807) is 21.1 Å². The highest BCUT2D eigenvalue weighted by molar-refractivity contribution is 7.19. The van der Waals surface area contributed by atoms with Gasteiger partial charge in [0.25, 0.3) is 0 Å². The average Bonchev–Trinajstić information content (AvgIpc) is 3.37. The Balaban J connectivity index is 1.67. The number of methoxy groups -OCH3 is 2. The summed E-state index contributed by atoms with van der Waals surface area (Å²) in [5.74, 6) is 2.02. The van der Waals surface area contributed by atoms with E-state index in [1.807, 2.05) is 55.5 Å². The predicted octanol–water partition coefficient (Wildman–Crippen LogP) is 5.28. The molecule has 4 aromatic rings. The van der Waals surface area contributed by atoms with Crippen LogP contribution in [-0.4, -0.2) is 30.3 Å². The van der Waals surface area contributed by atoms with Crippen LogP contribution in [-0.2, 0) is 11.2 Å². The fourth-order valence-electron chi connectivity index (χ4n) is 3.33. The Hall–Kier alpha value is -3.65. The van der Waals surface area contributed by atoms with E-state index in [4.69, 9.17) is 19.0 Å². The van der Waals surface area contributed by atoms with Crippen molar-refractivity contribution in [3.8, 4) is 33.2 Å². The highest BCUT2D eigenvalue weighted by atomic mass is 32.1. The van der Waals surface area contributed by atoms with Crippen LogP contribution in [0.15, 0.2) is 53.1 Å². The highest BCUT2D eigenvalue weighted by Gasteiger charge is 2.19. The van der Waals surface area contributed by atoms with Gasteiger partial charge in [-0.1, -0.05) is 16.5 Å². The molecule has 1 amide bonds. The lowest BCUT2D eigenvalue weighted by Crippen LogP contribution is -2.15. The van der Waals surface area contributed by atoms with Crippen molar-refractivity contribution in [1.82, 2.24) is 10.1 Å². The minimum Gasteiger partial charge on any atom is -0.497 e. The van der Waals surface area contributed by atoms with Gasteiger partial charge in [-0.15, -0.1) is 0 Å². The normalized spacial score (nSPS) is 10.8. The number of nitrogens with one attached hydrogen (secondary N) is 1. The maximum Gasteiger partial charge on any atom is 0.230 e. The number of anilines is 1. The van der Waals surface area contributed by atoms with Crippen LogP contribution in [0.3, 0.4) is 0 Å². The first-order chi connectivity index (χ1) is 15.5. The molecule has 2 aromatic heterocycles. The van der Waals surface area contributed by atoms with E-state index in [-0.39, 0.29) is 12.3 Å². The number of benzene rings is 2. The van der Waals surface area contributed by atoms with Crippen molar-refractivity contribution in [2.45, 2.75) is 20.3 Å². The Morgan fingerprint density at radius 2 is 1.56 bits per heavy atom. The fourth-order valence-corrected chi connectivity index (χ4v) is 4.34. The maximum atomic E-state index is 12.7. The molecule has 0 aliphatic heterocycles. The summed E-state index contributed by atoms with van der Waals surface area (Å²) in [6, 6.07) is 15.5. The minimum absolute atomic E-state index is 0.171. The van der Waals surface area contributed by atoms with Gasteiger partial charge in [-0.05, 0) is 67.9 Å². The van der Waals surface area contributed by atoms with Crippen LogP contribution in [0, 0.1) is 13.8 Å². The van der Waals surface area contributed by atoms with Crippen molar-refractivity contribution in [3.05, 3.63) is 65.5 Å². The molecule has 0 unspecified atom stereocenters. The first kappa shape index (κ1) is 21.6. The molecule has 1 N–H and O–H groups in total. The molecule has 4 rings (SSSR count). The summed E-state index contributed by atoms with van der Waals surface area (Å²) in [7, 11) is 3.27. The number of thiazole rings is 1. The topological polar surface area (TPSA) is 86.5 Å². The summed E-state index contributed by atoms with van der Waals surface area (Å²) in [6.45, 7) is 3.63. The number of aromatic nitrogens is 2. The molecule has 8 heteroatoms. The lowest BCUT2D eigenvalue weighted by Gasteiger charge is -2.05. The molecule has 2 aromatic carbocycles. The SMILES string of the molecule is COc1ccc(-c2nc(NC(=O)Cc3c(C)noc3C)sc2-c2ccc(OC)cc2)cc1. The highest BCUT2D eigenvalue weighted by Crippen LogP contribution is 2.40. The minimum atomic E-state index is -0.171. The summed E-state index contributed by atoms with van der Waals surface area (Å²) in [4.78, 5) is 18.4. The van der Waals surface area contributed by atoms with Gasteiger partial charge in [0.05, 0.1) is 36.9 Å². The van der Waals surface area contributed by atoms with Gasteiger partial charge in [-0.3, -0.25) is 4.79 Å². The number of rotatable bonds is 7. The van der Waals surface area contributed by atoms with Gasteiger partial charge in [0.2, 0.25) is 5.91 Å². The molecule has 7 nitrogen and oxygen atoms in total. The smallest absolute Gasteiger partial charge is 0.230 e. The van der Waals surface area contributed by atoms with E-state index < -0.39 is 0 Å². The summed E-state index contributed by atoms with van der Waals surface area (Å²) >= 11 is 1.43. The van der Waals surface area contributed by atoms with Crippen molar-refractivity contribution in [2.24, 2.45) is 0 Å². The maximum absolute atomic E-state index is 12.7. The number of aryl methyl sites for hydroxylation is 2. The Morgan fingerprint density at radius 3 is 2.09 bits per heavy atom. The van der Waals surface area contributed by atoms with Crippen molar-refractivity contribution < 1.29 is 18.8 Å². The number of ether oxygens (including phenoxy) is 2. The Kier molecular flexibility index (Phi) is 6.23. The largest absolute Gasteiger partial charge is 0.497 e. The second-order valence-corrected chi connectivity index (χ2v) is 8.18. The third-order valence-electron chi connectivity index (χ3n) is 5.11. The molecule has 32 heavy (non-hydrogen) atoms. The molecule has 0 bridgehead atoms. The summed E-state index contributed by atoms with van der Waals surface area (Å²) in [5, 5.41) is 7.37. The second kappa shape index (κ2) is 9.23. The molecule has 0 radical (unpaired) electrons. The van der Waals surface area contributed by atoms with Crippen LogP contribution in [0.5, 0.6) is 11.5 Å². The zero-order valence-corrected chi connectivity index (χ0v) is 19.1. The Labute approximate surface area is 190 Å². The van der Waals surface area contributed by atoms with Crippen LogP contribution in [0.4, 0.5) is 5.13 Å². The number of carbonyl (C=O) groups is 1. The molecule has 0 spiro atoms. The molecule has 2 heterocycles. The van der Waals surface area contributed by atoms with E-state index in [9.17, 15) is 4.79 Å². The zero-order chi connectivity index (χ0) is 22.7. The van der Waals surface area contributed by atoms with Gasteiger partial charge in [0.15, 0.2) is 5.13 Å². The number of carbonyl (C=O) groups excluding carboxylic acids is 1. The predicted molar refractivity (Wildman–Crippen MR) is 124 cm³/mol. The second-order valence-electron chi connectivity index (χ2n) is 7.18. The molecule has 0 atom stereocenters. The van der Waals surface area contributed by atoms with Crippen molar-refractivity contribution in [2.75, 3.05) is 19.5 Å². The number of amides is 1. The fraction of sp³-hybridized carbons (Fsp3) is 0.208. The van der Waals surface area contributed by atoms with Crippen molar-refractivity contribution in [3.63, 3.8) is 0 Å². The van der Waals surface area contributed by atoms with Crippen molar-refractivity contribution in [1.29, 1.82) is 0 Å². The van der Waals surface area contributed by atoms with Crippen LogP contribution >= 0.6 is 11.3 Å². The summed E-state index contributed by atoms with van der Waals surface area (Å²) in [5.41, 5.74) is 4.22. The number of hydrogen-bond donors (Lipinski definition) is 1. The van der Waals surface area contributed by atoms with Gasteiger partial charge in [0.1, 0.15) is 17.3 Å². The summed E-state index contributed by atoms with van der Waals surface area (Å²) < 4.78 is 15.7. The van der Waals surface area contributed by atoms with Gasteiger partial charge < -0.3 is 19.3 Å². The van der Waals surface area contributed by atoms with Gasteiger partial charge >= 0.3 is 0 Å². The van der Waals surface area contributed by atoms with Gasteiger partial charge in [-0.25, -0.2) is 4.98 Å². The monoisotopic (exact) mass is 449 g/mol. The quantitative estimate of drug-likeness (QED) is 0.413. The average molecular weight is 450 g/mol. The number of hydrogen-bond acceptors (Lipinski definition) is 7. The van der Waals surface area contributed by atoms with Crippen LogP contribution in [0.25, 0.3) is 21.7 Å². The Bertz CT molecular complexity index is 1140.